The number of amides is 1. The van der Waals surface area contributed by atoms with Crippen LogP contribution in [0, 0.1) is 5.92 Å². The summed E-state index contributed by atoms with van der Waals surface area (Å²) in [6.45, 7) is 6.12. The number of esters is 1. The van der Waals surface area contributed by atoms with E-state index in [1.807, 2.05) is 12.1 Å². The number of hydrogen-bond acceptors (Lipinski definition) is 6. The predicted molar refractivity (Wildman–Crippen MR) is 92.5 cm³/mol. The number of pyridine rings is 1. The van der Waals surface area contributed by atoms with E-state index in [-0.39, 0.29) is 17.8 Å². The Bertz CT molecular complexity index is 616. The van der Waals surface area contributed by atoms with E-state index in [9.17, 15) is 9.59 Å². The summed E-state index contributed by atoms with van der Waals surface area (Å²) in [5, 5.41) is 0. The van der Waals surface area contributed by atoms with Gasteiger partial charge < -0.3 is 19.3 Å². The summed E-state index contributed by atoms with van der Waals surface area (Å²) in [6, 6.07) is 5.51. The lowest BCUT2D eigenvalue weighted by atomic mass is 9.98. The number of morpholine rings is 1. The second-order valence-corrected chi connectivity index (χ2v) is 6.32. The van der Waals surface area contributed by atoms with Crippen molar-refractivity contribution in [2.24, 2.45) is 5.92 Å². The van der Waals surface area contributed by atoms with Gasteiger partial charge >= 0.3 is 5.97 Å². The van der Waals surface area contributed by atoms with Gasteiger partial charge in [0.2, 0.25) is 0 Å². The first kappa shape index (κ1) is 17.7. The van der Waals surface area contributed by atoms with Crippen molar-refractivity contribution in [3.05, 3.63) is 23.9 Å². The first-order chi connectivity index (χ1) is 12.2. The second-order valence-electron chi connectivity index (χ2n) is 6.32. The van der Waals surface area contributed by atoms with E-state index >= 15 is 0 Å². The SMILES string of the molecule is CCOC(=O)C1CCCN(C(=O)c2cccc(N3CCOCC3)n2)C1. The zero-order valence-corrected chi connectivity index (χ0v) is 14.6. The number of likely N-dealkylation sites (tertiary alicyclic amines) is 1. The minimum absolute atomic E-state index is 0.121. The van der Waals surface area contributed by atoms with Crippen molar-refractivity contribution in [3.63, 3.8) is 0 Å². The molecule has 1 atom stereocenters. The zero-order valence-electron chi connectivity index (χ0n) is 14.6. The van der Waals surface area contributed by atoms with Crippen molar-refractivity contribution in [1.82, 2.24) is 9.88 Å². The van der Waals surface area contributed by atoms with E-state index < -0.39 is 0 Å². The number of carbonyl (C=O) groups is 2. The summed E-state index contributed by atoms with van der Waals surface area (Å²) >= 11 is 0. The highest BCUT2D eigenvalue weighted by molar-refractivity contribution is 5.93. The van der Waals surface area contributed by atoms with E-state index in [4.69, 9.17) is 9.47 Å². The van der Waals surface area contributed by atoms with Gasteiger partial charge in [0.1, 0.15) is 11.5 Å². The fourth-order valence-corrected chi connectivity index (χ4v) is 3.29. The van der Waals surface area contributed by atoms with E-state index in [0.717, 1.165) is 31.7 Å². The molecule has 1 unspecified atom stereocenters. The van der Waals surface area contributed by atoms with Crippen LogP contribution in [-0.2, 0) is 14.3 Å². The molecule has 0 saturated carbocycles. The van der Waals surface area contributed by atoms with E-state index in [2.05, 4.69) is 9.88 Å². The third-order valence-corrected chi connectivity index (χ3v) is 4.62. The smallest absolute Gasteiger partial charge is 0.310 e. The molecule has 7 heteroatoms. The van der Waals surface area contributed by atoms with Gasteiger partial charge in [0.25, 0.3) is 5.91 Å². The van der Waals surface area contributed by atoms with Crippen molar-refractivity contribution < 1.29 is 19.1 Å². The molecule has 1 aromatic rings. The van der Waals surface area contributed by atoms with Crippen LogP contribution in [0.25, 0.3) is 0 Å². The molecule has 0 radical (unpaired) electrons. The number of nitrogens with zero attached hydrogens (tertiary/aromatic N) is 3. The average molecular weight is 347 g/mol. The monoisotopic (exact) mass is 347 g/mol. The van der Waals surface area contributed by atoms with Gasteiger partial charge in [0.05, 0.1) is 25.7 Å². The Morgan fingerprint density at radius 3 is 2.84 bits per heavy atom. The number of rotatable bonds is 4. The Morgan fingerprint density at radius 2 is 2.08 bits per heavy atom. The first-order valence-corrected chi connectivity index (χ1v) is 8.94. The molecule has 3 heterocycles. The summed E-state index contributed by atoms with van der Waals surface area (Å²) in [5.74, 6) is 0.229. The second kappa shape index (κ2) is 8.29. The van der Waals surface area contributed by atoms with Gasteiger partial charge in [0, 0.05) is 26.2 Å². The van der Waals surface area contributed by atoms with Gasteiger partial charge in [-0.05, 0) is 31.9 Å². The van der Waals surface area contributed by atoms with Gasteiger partial charge in [-0.3, -0.25) is 9.59 Å². The lowest BCUT2D eigenvalue weighted by Crippen LogP contribution is -2.43. The van der Waals surface area contributed by atoms with Crippen molar-refractivity contribution in [2.45, 2.75) is 19.8 Å². The Hall–Kier alpha value is -2.15. The maximum atomic E-state index is 12.8. The molecule has 0 aliphatic carbocycles. The lowest BCUT2D eigenvalue weighted by molar-refractivity contribution is -0.149. The molecule has 2 saturated heterocycles. The number of aromatic nitrogens is 1. The van der Waals surface area contributed by atoms with Crippen LogP contribution in [0.3, 0.4) is 0 Å². The Kier molecular flexibility index (Phi) is 5.86. The van der Waals surface area contributed by atoms with Crippen LogP contribution in [0.2, 0.25) is 0 Å². The first-order valence-electron chi connectivity index (χ1n) is 8.94. The summed E-state index contributed by atoms with van der Waals surface area (Å²) in [4.78, 5) is 33.2. The number of hydrogen-bond donors (Lipinski definition) is 0. The number of piperidine rings is 1. The molecule has 25 heavy (non-hydrogen) atoms. The van der Waals surface area contributed by atoms with Crippen LogP contribution in [0.4, 0.5) is 5.82 Å². The predicted octanol–water partition coefficient (Wildman–Crippen LogP) is 1.33. The molecular formula is C18H25N3O4. The third kappa shape index (κ3) is 4.28. The largest absolute Gasteiger partial charge is 0.466 e. The summed E-state index contributed by atoms with van der Waals surface area (Å²) < 4.78 is 10.5. The van der Waals surface area contributed by atoms with Crippen LogP contribution >= 0.6 is 0 Å². The fraction of sp³-hybridized carbons (Fsp3) is 0.611. The summed E-state index contributed by atoms with van der Waals surface area (Å²) in [7, 11) is 0. The van der Waals surface area contributed by atoms with Crippen LogP contribution in [-0.4, -0.2) is 67.8 Å². The zero-order chi connectivity index (χ0) is 17.6. The minimum atomic E-state index is -0.236. The highest BCUT2D eigenvalue weighted by Gasteiger charge is 2.30. The maximum Gasteiger partial charge on any atom is 0.310 e. The van der Waals surface area contributed by atoms with Gasteiger partial charge in [-0.25, -0.2) is 4.98 Å². The topological polar surface area (TPSA) is 72.0 Å². The van der Waals surface area contributed by atoms with Gasteiger partial charge in [-0.2, -0.15) is 0 Å². The molecule has 0 N–H and O–H groups in total. The Labute approximate surface area is 147 Å². The summed E-state index contributed by atoms with van der Waals surface area (Å²) in [6.07, 6.45) is 1.57. The maximum absolute atomic E-state index is 12.8. The van der Waals surface area contributed by atoms with E-state index in [0.29, 0.717) is 38.6 Å². The molecule has 7 nitrogen and oxygen atoms in total. The quantitative estimate of drug-likeness (QED) is 0.765. The molecule has 3 rings (SSSR count). The summed E-state index contributed by atoms with van der Waals surface area (Å²) in [5.41, 5.74) is 0.425. The molecule has 1 aromatic heterocycles. The Morgan fingerprint density at radius 1 is 1.28 bits per heavy atom. The molecule has 2 aliphatic rings. The molecule has 136 valence electrons. The molecule has 0 bridgehead atoms. The third-order valence-electron chi connectivity index (χ3n) is 4.62. The molecular weight excluding hydrogens is 322 g/mol. The average Bonchev–Trinajstić information content (AvgIpc) is 2.68. The normalized spacial score (nSPS) is 21.1. The lowest BCUT2D eigenvalue weighted by Gasteiger charge is -2.32. The number of ether oxygens (including phenoxy) is 2. The molecule has 0 aromatic carbocycles. The molecule has 2 aliphatic heterocycles. The fourth-order valence-electron chi connectivity index (χ4n) is 3.29. The highest BCUT2D eigenvalue weighted by atomic mass is 16.5. The molecule has 1 amide bonds. The molecule has 2 fully saturated rings. The van der Waals surface area contributed by atoms with Crippen molar-refractivity contribution in [2.75, 3.05) is 50.9 Å². The van der Waals surface area contributed by atoms with E-state index in [1.54, 1.807) is 17.9 Å². The van der Waals surface area contributed by atoms with Crippen LogP contribution in [0.15, 0.2) is 18.2 Å². The van der Waals surface area contributed by atoms with Gasteiger partial charge in [-0.15, -0.1) is 0 Å². The minimum Gasteiger partial charge on any atom is -0.466 e. The van der Waals surface area contributed by atoms with Gasteiger partial charge in [0.15, 0.2) is 0 Å². The van der Waals surface area contributed by atoms with Crippen molar-refractivity contribution in [1.29, 1.82) is 0 Å². The Balaban J connectivity index is 1.68. The van der Waals surface area contributed by atoms with Gasteiger partial charge in [-0.1, -0.05) is 6.07 Å². The van der Waals surface area contributed by atoms with Crippen molar-refractivity contribution in [3.8, 4) is 0 Å². The number of anilines is 1. The highest BCUT2D eigenvalue weighted by Crippen LogP contribution is 2.21. The van der Waals surface area contributed by atoms with E-state index in [1.165, 1.54) is 0 Å². The van der Waals surface area contributed by atoms with Crippen molar-refractivity contribution >= 4 is 17.7 Å². The standard InChI is InChI=1S/C18H25N3O4/c1-2-25-18(23)14-5-4-8-21(13-14)17(22)15-6-3-7-16(19-15)20-9-11-24-12-10-20/h3,6-7,14H,2,4-5,8-13H2,1H3. The van der Waals surface area contributed by atoms with Crippen LogP contribution in [0.1, 0.15) is 30.3 Å². The van der Waals surface area contributed by atoms with Crippen LogP contribution < -0.4 is 4.90 Å². The van der Waals surface area contributed by atoms with Crippen LogP contribution in [0.5, 0.6) is 0 Å². The number of carbonyl (C=O) groups excluding carboxylic acids is 2. The molecule has 0 spiro atoms.